The van der Waals surface area contributed by atoms with Crippen LogP contribution < -0.4 is 9.47 Å². The van der Waals surface area contributed by atoms with Gasteiger partial charge >= 0.3 is 0 Å². The van der Waals surface area contributed by atoms with Gasteiger partial charge in [-0.25, -0.2) is 0 Å². The first kappa shape index (κ1) is 13.0. The van der Waals surface area contributed by atoms with E-state index >= 15 is 0 Å². The fourth-order valence-electron chi connectivity index (χ4n) is 1.62. The van der Waals surface area contributed by atoms with Crippen molar-refractivity contribution in [1.29, 1.82) is 0 Å². The molecule has 0 aliphatic heterocycles. The van der Waals surface area contributed by atoms with Crippen LogP contribution in [0.4, 0.5) is 0 Å². The third kappa shape index (κ3) is 3.48. The van der Waals surface area contributed by atoms with E-state index in [1.54, 1.807) is 19.1 Å². The molecule has 0 atom stereocenters. The molecule has 0 saturated heterocycles. The van der Waals surface area contributed by atoms with E-state index in [4.69, 9.17) is 14.2 Å². The first-order valence-corrected chi connectivity index (χ1v) is 5.74. The Kier molecular flexibility index (Phi) is 4.03. The molecule has 0 unspecified atom stereocenters. The molecule has 0 N–H and O–H groups in total. The zero-order chi connectivity index (χ0) is 13.7. The summed E-state index contributed by atoms with van der Waals surface area (Å²) in [5, 5.41) is 1.96. The maximum atomic E-state index is 10.3. The maximum absolute atomic E-state index is 10.3. The molecule has 0 spiro atoms. The third-order valence-corrected chi connectivity index (χ3v) is 2.50. The zero-order valence-electron chi connectivity index (χ0n) is 10.6. The van der Waals surface area contributed by atoms with E-state index in [9.17, 15) is 4.79 Å². The molecule has 98 valence electrons. The first-order chi connectivity index (χ1) is 9.19. The van der Waals surface area contributed by atoms with Crippen LogP contribution in [0.5, 0.6) is 11.5 Å². The van der Waals surface area contributed by atoms with Crippen LogP contribution >= 0.6 is 0 Å². The van der Waals surface area contributed by atoms with E-state index in [2.05, 4.69) is 6.58 Å². The van der Waals surface area contributed by atoms with Crippen LogP contribution in [0.25, 0.3) is 10.8 Å². The standard InChI is InChI=1S/C15H14O4/c1-11(2)18-10-19-15-6-4-12-3-5-14(17-9-16)7-13(12)8-15/h3-9H,1,10H2,2H3. The average molecular weight is 258 g/mol. The van der Waals surface area contributed by atoms with E-state index in [0.29, 0.717) is 23.7 Å². The number of rotatable bonds is 6. The number of allylic oxidation sites excluding steroid dienone is 1. The number of ether oxygens (including phenoxy) is 3. The van der Waals surface area contributed by atoms with Crippen molar-refractivity contribution in [1.82, 2.24) is 0 Å². The molecule has 2 aromatic carbocycles. The summed E-state index contributed by atoms with van der Waals surface area (Å²) in [5.74, 6) is 1.78. The third-order valence-electron chi connectivity index (χ3n) is 2.50. The van der Waals surface area contributed by atoms with Crippen molar-refractivity contribution in [2.24, 2.45) is 0 Å². The minimum absolute atomic E-state index is 0.116. The smallest absolute Gasteiger partial charge is 0.298 e. The van der Waals surface area contributed by atoms with E-state index in [0.717, 1.165) is 10.8 Å². The number of carbonyl (C=O) groups is 1. The van der Waals surface area contributed by atoms with Crippen molar-refractivity contribution in [2.75, 3.05) is 6.79 Å². The quantitative estimate of drug-likeness (QED) is 0.453. The van der Waals surface area contributed by atoms with Crippen molar-refractivity contribution >= 4 is 17.2 Å². The van der Waals surface area contributed by atoms with Crippen LogP contribution in [0, 0.1) is 0 Å². The second-order valence-electron chi connectivity index (χ2n) is 3.99. The molecule has 0 amide bonds. The molecular formula is C15H14O4. The molecule has 2 rings (SSSR count). The molecule has 2 aromatic rings. The Morgan fingerprint density at radius 1 is 1.16 bits per heavy atom. The summed E-state index contributed by atoms with van der Waals surface area (Å²) >= 11 is 0. The van der Waals surface area contributed by atoms with Gasteiger partial charge in [0.15, 0.2) is 0 Å². The highest BCUT2D eigenvalue weighted by Gasteiger charge is 2.00. The van der Waals surface area contributed by atoms with Gasteiger partial charge in [-0.2, -0.15) is 0 Å². The number of fused-ring (bicyclic) bond motifs is 1. The number of hydrogen-bond acceptors (Lipinski definition) is 4. The van der Waals surface area contributed by atoms with E-state index in [1.807, 2.05) is 24.3 Å². The Bertz CT molecular complexity index is 604. The summed E-state index contributed by atoms with van der Waals surface area (Å²) in [7, 11) is 0. The lowest BCUT2D eigenvalue weighted by Gasteiger charge is -2.09. The van der Waals surface area contributed by atoms with Gasteiger partial charge in [0.1, 0.15) is 11.5 Å². The fraction of sp³-hybridized carbons (Fsp3) is 0.133. The van der Waals surface area contributed by atoms with Gasteiger partial charge in [0.25, 0.3) is 6.47 Å². The molecule has 4 heteroatoms. The van der Waals surface area contributed by atoms with Crippen molar-refractivity contribution in [3.05, 3.63) is 48.7 Å². The topological polar surface area (TPSA) is 44.8 Å². The van der Waals surface area contributed by atoms with Crippen molar-refractivity contribution in [2.45, 2.75) is 6.92 Å². The lowest BCUT2D eigenvalue weighted by atomic mass is 10.1. The summed E-state index contributed by atoms with van der Waals surface area (Å²) in [5.41, 5.74) is 0. The summed E-state index contributed by atoms with van der Waals surface area (Å²) < 4.78 is 15.4. The van der Waals surface area contributed by atoms with Gasteiger partial charge in [-0.3, -0.25) is 4.79 Å². The van der Waals surface area contributed by atoms with Gasteiger partial charge in [-0.15, -0.1) is 0 Å². The van der Waals surface area contributed by atoms with Crippen molar-refractivity contribution in [3.63, 3.8) is 0 Å². The molecule has 0 saturated carbocycles. The molecule has 0 radical (unpaired) electrons. The predicted octanol–water partition coefficient (Wildman–Crippen LogP) is 3.26. The summed E-state index contributed by atoms with van der Waals surface area (Å²) in [4.78, 5) is 10.3. The van der Waals surface area contributed by atoms with Crippen molar-refractivity contribution < 1.29 is 19.0 Å². The van der Waals surface area contributed by atoms with E-state index in [-0.39, 0.29) is 6.79 Å². The molecule has 0 aliphatic rings. The van der Waals surface area contributed by atoms with E-state index < -0.39 is 0 Å². The van der Waals surface area contributed by atoms with Crippen LogP contribution in [0.2, 0.25) is 0 Å². The summed E-state index contributed by atoms with van der Waals surface area (Å²) in [6.07, 6.45) is 0. The second-order valence-corrected chi connectivity index (χ2v) is 3.99. The maximum Gasteiger partial charge on any atom is 0.298 e. The van der Waals surface area contributed by atoms with Gasteiger partial charge in [0.05, 0.1) is 5.76 Å². The summed E-state index contributed by atoms with van der Waals surface area (Å²) in [6, 6.07) is 11.0. The van der Waals surface area contributed by atoms with Crippen LogP contribution in [0.3, 0.4) is 0 Å². The highest BCUT2D eigenvalue weighted by molar-refractivity contribution is 5.85. The van der Waals surface area contributed by atoms with Crippen LogP contribution in [0.15, 0.2) is 48.7 Å². The Hall–Kier alpha value is -2.49. The molecule has 4 nitrogen and oxygen atoms in total. The lowest BCUT2D eigenvalue weighted by molar-refractivity contribution is -0.120. The van der Waals surface area contributed by atoms with Gasteiger partial charge < -0.3 is 14.2 Å². The summed E-state index contributed by atoms with van der Waals surface area (Å²) in [6.45, 7) is 5.89. The number of hydrogen-bond donors (Lipinski definition) is 0. The minimum Gasteiger partial charge on any atom is -0.463 e. The molecule has 0 aliphatic carbocycles. The van der Waals surface area contributed by atoms with Crippen LogP contribution in [-0.4, -0.2) is 13.3 Å². The van der Waals surface area contributed by atoms with Crippen molar-refractivity contribution in [3.8, 4) is 11.5 Å². The Morgan fingerprint density at radius 2 is 1.84 bits per heavy atom. The molecular weight excluding hydrogens is 244 g/mol. The van der Waals surface area contributed by atoms with Gasteiger partial charge in [-0.05, 0) is 42.0 Å². The molecule has 0 heterocycles. The molecule has 19 heavy (non-hydrogen) atoms. The zero-order valence-corrected chi connectivity index (χ0v) is 10.6. The highest BCUT2D eigenvalue weighted by Crippen LogP contribution is 2.25. The van der Waals surface area contributed by atoms with Gasteiger partial charge in [-0.1, -0.05) is 18.7 Å². The second kappa shape index (κ2) is 5.91. The Balaban J connectivity index is 2.17. The fourth-order valence-corrected chi connectivity index (χ4v) is 1.62. The van der Waals surface area contributed by atoms with Crippen LogP contribution in [-0.2, 0) is 9.53 Å². The van der Waals surface area contributed by atoms with Gasteiger partial charge in [0.2, 0.25) is 6.79 Å². The normalized spacial score (nSPS) is 9.95. The van der Waals surface area contributed by atoms with Crippen LogP contribution in [0.1, 0.15) is 6.92 Å². The monoisotopic (exact) mass is 258 g/mol. The highest BCUT2D eigenvalue weighted by atomic mass is 16.7. The predicted molar refractivity (Wildman–Crippen MR) is 72.0 cm³/mol. The van der Waals surface area contributed by atoms with E-state index in [1.165, 1.54) is 0 Å². The van der Waals surface area contributed by atoms with Gasteiger partial charge in [0, 0.05) is 0 Å². The lowest BCUT2D eigenvalue weighted by Crippen LogP contribution is -2.00. The Morgan fingerprint density at radius 3 is 2.53 bits per heavy atom. The SMILES string of the molecule is C=C(C)OCOc1ccc2ccc(OC=O)cc2c1. The largest absolute Gasteiger partial charge is 0.463 e. The number of carbonyl (C=O) groups excluding carboxylic acids is 1. The molecule has 0 fully saturated rings. The minimum atomic E-state index is 0.116. The average Bonchev–Trinajstić information content (AvgIpc) is 2.38. The molecule has 0 aromatic heterocycles. The molecule has 0 bridgehead atoms. The Labute approximate surface area is 111 Å². The first-order valence-electron chi connectivity index (χ1n) is 5.74. The number of benzene rings is 2.